The first-order chi connectivity index (χ1) is 7.22. The summed E-state index contributed by atoms with van der Waals surface area (Å²) < 4.78 is 0. The fourth-order valence-electron chi connectivity index (χ4n) is 1.03. The number of amides is 1. The Kier molecular flexibility index (Phi) is 5.71. The van der Waals surface area contributed by atoms with Crippen LogP contribution in [0.5, 0.6) is 0 Å². The Morgan fingerprint density at radius 2 is 2.47 bits per heavy atom. The molecule has 0 aliphatic carbocycles. The molecule has 0 fully saturated rings. The second-order valence-electron chi connectivity index (χ2n) is 3.19. The molecule has 0 aliphatic heterocycles. The van der Waals surface area contributed by atoms with Crippen molar-refractivity contribution in [3.05, 3.63) is 16.1 Å². The first-order valence-corrected chi connectivity index (χ1v) is 6.95. The van der Waals surface area contributed by atoms with Crippen LogP contribution in [-0.2, 0) is 10.5 Å². The Morgan fingerprint density at radius 1 is 1.67 bits per heavy atom. The summed E-state index contributed by atoms with van der Waals surface area (Å²) in [6.07, 6.45) is 2.88. The van der Waals surface area contributed by atoms with Crippen molar-refractivity contribution in [1.29, 1.82) is 0 Å². The number of nitrogens with zero attached hydrogens (tertiary/aromatic N) is 1. The number of hydrogen-bond donors (Lipinski definition) is 1. The Balaban J connectivity index is 2.13. The Labute approximate surface area is 98.7 Å². The molecule has 0 aliphatic rings. The third kappa shape index (κ3) is 5.18. The van der Waals surface area contributed by atoms with Gasteiger partial charge in [0.25, 0.3) is 0 Å². The lowest BCUT2D eigenvalue weighted by molar-refractivity contribution is -0.118. The molecule has 0 spiro atoms. The van der Waals surface area contributed by atoms with Crippen molar-refractivity contribution in [1.82, 2.24) is 10.3 Å². The van der Waals surface area contributed by atoms with E-state index >= 15 is 0 Å². The highest BCUT2D eigenvalue weighted by Crippen LogP contribution is 2.18. The molecule has 84 valence electrons. The van der Waals surface area contributed by atoms with Gasteiger partial charge in [0.15, 0.2) is 0 Å². The zero-order chi connectivity index (χ0) is 11.1. The normalized spacial score (nSPS) is 10.3. The summed E-state index contributed by atoms with van der Waals surface area (Å²) in [4.78, 5) is 16.7. The second-order valence-corrected chi connectivity index (χ2v) is 5.49. The summed E-state index contributed by atoms with van der Waals surface area (Å²) >= 11 is 3.33. The van der Waals surface area contributed by atoms with Gasteiger partial charge in [0.1, 0.15) is 0 Å². The number of aromatic nitrogens is 1. The van der Waals surface area contributed by atoms with Gasteiger partial charge in [-0.3, -0.25) is 4.79 Å². The van der Waals surface area contributed by atoms with Gasteiger partial charge in [-0.2, -0.15) is 0 Å². The largest absolute Gasteiger partial charge is 0.355 e. The third-order valence-corrected chi connectivity index (χ3v) is 3.80. The van der Waals surface area contributed by atoms with Crippen LogP contribution in [-0.4, -0.2) is 23.2 Å². The molecule has 15 heavy (non-hydrogen) atoms. The number of thioether (sulfide) groups is 1. The van der Waals surface area contributed by atoms with E-state index in [1.54, 1.807) is 23.1 Å². The molecule has 0 saturated carbocycles. The van der Waals surface area contributed by atoms with Crippen molar-refractivity contribution in [3.8, 4) is 0 Å². The lowest BCUT2D eigenvalue weighted by Crippen LogP contribution is -2.25. The molecule has 1 aromatic heterocycles. The van der Waals surface area contributed by atoms with Crippen LogP contribution in [0.3, 0.4) is 0 Å². The molecule has 0 saturated heterocycles. The lowest BCUT2D eigenvalue weighted by atomic mass is 10.5. The Morgan fingerprint density at radius 3 is 3.07 bits per heavy atom. The Hall–Kier alpha value is -0.550. The van der Waals surface area contributed by atoms with Gasteiger partial charge < -0.3 is 5.32 Å². The summed E-state index contributed by atoms with van der Waals surface area (Å²) in [6, 6.07) is 0. The predicted octanol–water partition coefficient (Wildman–Crippen LogP) is 2.21. The highest BCUT2D eigenvalue weighted by Gasteiger charge is 2.02. The second kappa shape index (κ2) is 6.85. The minimum absolute atomic E-state index is 0.128. The summed E-state index contributed by atoms with van der Waals surface area (Å²) in [7, 11) is 0. The first-order valence-electron chi connectivity index (χ1n) is 4.98. The van der Waals surface area contributed by atoms with E-state index in [2.05, 4.69) is 10.3 Å². The standard InChI is InChI=1S/C10H16N2OS2/c1-3-4-11-10(13)7-14-6-9-5-12-8(2)15-9/h5H,3-4,6-7H2,1-2H3,(H,11,13). The van der Waals surface area contributed by atoms with Gasteiger partial charge in [-0.15, -0.1) is 23.1 Å². The molecule has 0 aromatic carbocycles. The first kappa shape index (κ1) is 12.5. The maximum atomic E-state index is 11.3. The van der Waals surface area contributed by atoms with Gasteiger partial charge in [0.2, 0.25) is 5.91 Å². The summed E-state index contributed by atoms with van der Waals surface area (Å²) in [5.74, 6) is 1.55. The molecule has 1 N–H and O–H groups in total. The zero-order valence-electron chi connectivity index (χ0n) is 9.08. The Bertz CT molecular complexity index is 312. The molecule has 1 heterocycles. The monoisotopic (exact) mass is 244 g/mol. The van der Waals surface area contributed by atoms with Crippen LogP contribution in [0.25, 0.3) is 0 Å². The van der Waals surface area contributed by atoms with Crippen molar-refractivity contribution in [2.75, 3.05) is 12.3 Å². The number of nitrogens with one attached hydrogen (secondary N) is 1. The average molecular weight is 244 g/mol. The number of carbonyl (C=O) groups excluding carboxylic acids is 1. The number of carbonyl (C=O) groups is 1. The average Bonchev–Trinajstić information content (AvgIpc) is 2.61. The van der Waals surface area contributed by atoms with Gasteiger partial charge in [0, 0.05) is 23.4 Å². The van der Waals surface area contributed by atoms with Gasteiger partial charge in [0.05, 0.1) is 10.8 Å². The van der Waals surface area contributed by atoms with E-state index in [4.69, 9.17) is 0 Å². The summed E-state index contributed by atoms with van der Waals surface area (Å²) in [6.45, 7) is 4.82. The SMILES string of the molecule is CCCNC(=O)CSCc1cnc(C)s1. The van der Waals surface area contributed by atoms with Crippen molar-refractivity contribution in [2.24, 2.45) is 0 Å². The maximum Gasteiger partial charge on any atom is 0.230 e. The van der Waals surface area contributed by atoms with Gasteiger partial charge in [-0.05, 0) is 13.3 Å². The minimum atomic E-state index is 0.128. The quantitative estimate of drug-likeness (QED) is 0.834. The van der Waals surface area contributed by atoms with Gasteiger partial charge in [-0.25, -0.2) is 4.98 Å². The van der Waals surface area contributed by atoms with Crippen LogP contribution in [0.15, 0.2) is 6.20 Å². The van der Waals surface area contributed by atoms with E-state index in [0.717, 1.165) is 23.7 Å². The van der Waals surface area contributed by atoms with E-state index in [-0.39, 0.29) is 5.91 Å². The van der Waals surface area contributed by atoms with Gasteiger partial charge in [-0.1, -0.05) is 6.92 Å². The van der Waals surface area contributed by atoms with Crippen LogP contribution >= 0.6 is 23.1 Å². The van der Waals surface area contributed by atoms with Gasteiger partial charge >= 0.3 is 0 Å². The third-order valence-electron chi connectivity index (χ3n) is 1.72. The zero-order valence-corrected chi connectivity index (χ0v) is 10.7. The van der Waals surface area contributed by atoms with Crippen molar-refractivity contribution < 1.29 is 4.79 Å². The molecular weight excluding hydrogens is 228 g/mol. The van der Waals surface area contributed by atoms with Crippen LogP contribution < -0.4 is 5.32 Å². The highest BCUT2D eigenvalue weighted by atomic mass is 32.2. The summed E-state index contributed by atoms with van der Waals surface area (Å²) in [5.41, 5.74) is 0. The topological polar surface area (TPSA) is 42.0 Å². The number of hydrogen-bond acceptors (Lipinski definition) is 4. The number of thiazole rings is 1. The number of rotatable bonds is 6. The van der Waals surface area contributed by atoms with Crippen molar-refractivity contribution in [2.45, 2.75) is 26.0 Å². The van der Waals surface area contributed by atoms with Crippen LogP contribution in [0, 0.1) is 6.92 Å². The van der Waals surface area contributed by atoms with Crippen LogP contribution in [0.4, 0.5) is 0 Å². The molecule has 0 radical (unpaired) electrons. The van der Waals surface area contributed by atoms with E-state index in [0.29, 0.717) is 5.75 Å². The molecule has 0 unspecified atom stereocenters. The molecule has 1 aromatic rings. The van der Waals surface area contributed by atoms with E-state index in [9.17, 15) is 4.79 Å². The van der Waals surface area contributed by atoms with Crippen molar-refractivity contribution >= 4 is 29.0 Å². The number of aryl methyl sites for hydroxylation is 1. The lowest BCUT2D eigenvalue weighted by Gasteiger charge is -2.01. The fraction of sp³-hybridized carbons (Fsp3) is 0.600. The molecule has 3 nitrogen and oxygen atoms in total. The molecule has 1 amide bonds. The van der Waals surface area contributed by atoms with E-state index in [1.165, 1.54) is 4.88 Å². The molecule has 1 rings (SSSR count). The van der Waals surface area contributed by atoms with E-state index in [1.807, 2.05) is 20.0 Å². The highest BCUT2D eigenvalue weighted by molar-refractivity contribution is 7.99. The molecule has 0 bridgehead atoms. The molecule has 5 heteroatoms. The van der Waals surface area contributed by atoms with E-state index < -0.39 is 0 Å². The fourth-order valence-corrected chi connectivity index (χ4v) is 2.77. The maximum absolute atomic E-state index is 11.3. The summed E-state index contributed by atoms with van der Waals surface area (Å²) in [5, 5.41) is 3.94. The predicted molar refractivity (Wildman–Crippen MR) is 66.3 cm³/mol. The smallest absolute Gasteiger partial charge is 0.230 e. The molecule has 0 atom stereocenters. The molecular formula is C10H16N2OS2. The van der Waals surface area contributed by atoms with Crippen LogP contribution in [0.2, 0.25) is 0 Å². The minimum Gasteiger partial charge on any atom is -0.355 e. The van der Waals surface area contributed by atoms with Crippen molar-refractivity contribution in [3.63, 3.8) is 0 Å². The van der Waals surface area contributed by atoms with Crippen LogP contribution in [0.1, 0.15) is 23.2 Å².